The van der Waals surface area contributed by atoms with Crippen molar-refractivity contribution in [3.63, 3.8) is 0 Å². The van der Waals surface area contributed by atoms with Gasteiger partial charge in [0.05, 0.1) is 24.8 Å². The van der Waals surface area contributed by atoms with E-state index in [-0.39, 0.29) is 12.3 Å². The van der Waals surface area contributed by atoms with Crippen LogP contribution in [-0.2, 0) is 26.1 Å². The van der Waals surface area contributed by atoms with Crippen molar-refractivity contribution in [3.05, 3.63) is 58.5 Å². The summed E-state index contributed by atoms with van der Waals surface area (Å²) in [5.41, 5.74) is -0.577. The summed E-state index contributed by atoms with van der Waals surface area (Å²) >= 11 is 0. The molecule has 0 fully saturated rings. The molecule has 0 aliphatic carbocycles. The molecule has 128 valence electrons. The Morgan fingerprint density at radius 2 is 2.00 bits per heavy atom. The Morgan fingerprint density at radius 1 is 1.29 bits per heavy atom. The van der Waals surface area contributed by atoms with Gasteiger partial charge in [0.15, 0.2) is 4.90 Å². The lowest BCUT2D eigenvalue weighted by atomic mass is 10.3. The maximum absolute atomic E-state index is 12.8. The van der Waals surface area contributed by atoms with Crippen LogP contribution in [-0.4, -0.2) is 37.3 Å². The minimum atomic E-state index is -4.33. The Labute approximate surface area is 137 Å². The number of furan rings is 1. The molecule has 0 radical (unpaired) electrons. The highest BCUT2D eigenvalue weighted by Crippen LogP contribution is 2.27. The molecule has 0 aliphatic heterocycles. The van der Waals surface area contributed by atoms with Gasteiger partial charge in [-0.25, -0.2) is 8.42 Å². The summed E-state index contributed by atoms with van der Waals surface area (Å²) < 4.78 is 36.0. The highest BCUT2D eigenvalue weighted by Gasteiger charge is 2.33. The van der Waals surface area contributed by atoms with Crippen molar-refractivity contribution < 1.29 is 27.3 Å². The van der Waals surface area contributed by atoms with Gasteiger partial charge in [-0.05, 0) is 18.2 Å². The number of esters is 1. The van der Waals surface area contributed by atoms with Crippen molar-refractivity contribution in [2.45, 2.75) is 11.4 Å². The number of carbonyl (C=O) groups is 1. The van der Waals surface area contributed by atoms with Crippen LogP contribution >= 0.6 is 0 Å². The summed E-state index contributed by atoms with van der Waals surface area (Å²) in [5.74, 6) is -0.523. The normalized spacial score (nSPS) is 11.4. The Morgan fingerprint density at radius 3 is 2.58 bits per heavy atom. The van der Waals surface area contributed by atoms with E-state index >= 15 is 0 Å². The van der Waals surface area contributed by atoms with Crippen molar-refractivity contribution in [1.82, 2.24) is 4.31 Å². The Hall–Kier alpha value is -2.72. The number of para-hydroxylation sites is 1. The second-order valence-electron chi connectivity index (χ2n) is 4.65. The first-order valence-electron chi connectivity index (χ1n) is 6.69. The third-order valence-electron chi connectivity index (χ3n) is 3.13. The Kier molecular flexibility index (Phi) is 5.31. The Balaban J connectivity index is 2.47. The first-order valence-corrected chi connectivity index (χ1v) is 8.13. The SMILES string of the molecule is COC(=O)CN(Cc1ccco1)S(=O)(=O)c1ccccc1[N+](=O)[O-]. The van der Waals surface area contributed by atoms with Gasteiger partial charge in [0.1, 0.15) is 12.3 Å². The monoisotopic (exact) mass is 354 g/mol. The Bertz CT molecular complexity index is 831. The number of benzene rings is 1. The van der Waals surface area contributed by atoms with Gasteiger partial charge >= 0.3 is 5.97 Å². The summed E-state index contributed by atoms with van der Waals surface area (Å²) in [7, 11) is -3.21. The first kappa shape index (κ1) is 17.6. The van der Waals surface area contributed by atoms with Crippen LogP contribution in [0.2, 0.25) is 0 Å². The number of nitro benzene ring substituents is 1. The van der Waals surface area contributed by atoms with Crippen molar-refractivity contribution >= 4 is 21.7 Å². The lowest BCUT2D eigenvalue weighted by Crippen LogP contribution is -2.36. The maximum Gasteiger partial charge on any atom is 0.321 e. The molecule has 9 nitrogen and oxygen atoms in total. The van der Waals surface area contributed by atoms with E-state index in [4.69, 9.17) is 4.42 Å². The number of nitrogens with zero attached hydrogens (tertiary/aromatic N) is 2. The second kappa shape index (κ2) is 7.23. The number of ether oxygens (including phenoxy) is 1. The molecule has 2 rings (SSSR count). The van der Waals surface area contributed by atoms with Gasteiger partial charge in [0, 0.05) is 6.07 Å². The largest absolute Gasteiger partial charge is 0.468 e. The third kappa shape index (κ3) is 3.78. The lowest BCUT2D eigenvalue weighted by molar-refractivity contribution is -0.387. The van der Waals surface area contributed by atoms with Crippen molar-refractivity contribution in [2.24, 2.45) is 0 Å². The molecule has 0 spiro atoms. The molecule has 0 saturated carbocycles. The summed E-state index contributed by atoms with van der Waals surface area (Å²) in [6.07, 6.45) is 1.35. The van der Waals surface area contributed by atoms with Crippen LogP contribution in [0.3, 0.4) is 0 Å². The number of rotatable bonds is 7. The fraction of sp³-hybridized carbons (Fsp3) is 0.214. The molecule has 0 atom stereocenters. The highest BCUT2D eigenvalue weighted by molar-refractivity contribution is 7.89. The van der Waals surface area contributed by atoms with E-state index < -0.39 is 38.0 Å². The number of carbonyl (C=O) groups excluding carboxylic acids is 1. The van der Waals surface area contributed by atoms with Crippen LogP contribution < -0.4 is 0 Å². The lowest BCUT2D eigenvalue weighted by Gasteiger charge is -2.19. The predicted octanol–water partition coefficient (Wildman–Crippen LogP) is 1.55. The highest BCUT2D eigenvalue weighted by atomic mass is 32.2. The zero-order valence-electron chi connectivity index (χ0n) is 12.6. The zero-order valence-corrected chi connectivity index (χ0v) is 13.4. The van der Waals surface area contributed by atoms with E-state index in [1.54, 1.807) is 6.07 Å². The van der Waals surface area contributed by atoms with Crippen LogP contribution in [0.4, 0.5) is 5.69 Å². The van der Waals surface area contributed by atoms with Gasteiger partial charge < -0.3 is 9.15 Å². The molecule has 0 N–H and O–H groups in total. The number of hydrogen-bond acceptors (Lipinski definition) is 7. The van der Waals surface area contributed by atoms with Crippen molar-refractivity contribution in [2.75, 3.05) is 13.7 Å². The molecule has 2 aromatic rings. The van der Waals surface area contributed by atoms with Gasteiger partial charge in [-0.2, -0.15) is 4.31 Å². The zero-order chi connectivity index (χ0) is 17.7. The quantitative estimate of drug-likeness (QED) is 0.420. The fourth-order valence-electron chi connectivity index (χ4n) is 1.98. The smallest absolute Gasteiger partial charge is 0.321 e. The number of nitro groups is 1. The molecule has 10 heteroatoms. The summed E-state index contributed by atoms with van der Waals surface area (Å²) in [4.78, 5) is 21.3. The average Bonchev–Trinajstić information content (AvgIpc) is 3.07. The maximum atomic E-state index is 12.8. The van der Waals surface area contributed by atoms with Crippen LogP contribution in [0.15, 0.2) is 52.0 Å². The standard InChI is InChI=1S/C14H14N2O7S/c1-22-14(17)10-15(9-11-5-4-8-23-11)24(20,21)13-7-3-2-6-12(13)16(18)19/h2-8H,9-10H2,1H3. The van der Waals surface area contributed by atoms with E-state index in [9.17, 15) is 23.3 Å². The molecule has 0 bridgehead atoms. The molecule has 1 heterocycles. The summed E-state index contributed by atoms with van der Waals surface area (Å²) in [6.45, 7) is -0.873. The molecule has 0 amide bonds. The van der Waals surface area contributed by atoms with Crippen LogP contribution in [0, 0.1) is 10.1 Å². The van der Waals surface area contributed by atoms with Crippen LogP contribution in [0.1, 0.15) is 5.76 Å². The van der Waals surface area contributed by atoms with E-state index in [0.29, 0.717) is 0 Å². The molecule has 1 aromatic carbocycles. The second-order valence-corrected chi connectivity index (χ2v) is 6.56. The number of hydrogen-bond donors (Lipinski definition) is 0. The average molecular weight is 354 g/mol. The van der Waals surface area contributed by atoms with Gasteiger partial charge in [0.2, 0.25) is 0 Å². The molecule has 1 aromatic heterocycles. The van der Waals surface area contributed by atoms with Crippen LogP contribution in [0.25, 0.3) is 0 Å². The summed E-state index contributed by atoms with van der Waals surface area (Å²) in [6, 6.07) is 8.00. The van der Waals surface area contributed by atoms with Gasteiger partial charge in [-0.1, -0.05) is 12.1 Å². The van der Waals surface area contributed by atoms with Crippen LogP contribution in [0.5, 0.6) is 0 Å². The molecule has 0 unspecified atom stereocenters. The molecular formula is C14H14N2O7S. The topological polar surface area (TPSA) is 120 Å². The van der Waals surface area contributed by atoms with Crippen molar-refractivity contribution in [1.29, 1.82) is 0 Å². The molecule has 24 heavy (non-hydrogen) atoms. The fourth-order valence-corrected chi connectivity index (χ4v) is 3.48. The van der Waals surface area contributed by atoms with Gasteiger partial charge in [0.25, 0.3) is 15.7 Å². The minimum absolute atomic E-state index is 0.267. The van der Waals surface area contributed by atoms with Gasteiger partial charge in [-0.3, -0.25) is 14.9 Å². The number of sulfonamides is 1. The number of methoxy groups -OCH3 is 1. The summed E-state index contributed by atoms with van der Waals surface area (Å²) in [5, 5.41) is 11.1. The predicted molar refractivity (Wildman–Crippen MR) is 81.4 cm³/mol. The van der Waals surface area contributed by atoms with E-state index in [2.05, 4.69) is 4.74 Å². The van der Waals surface area contributed by atoms with Crippen molar-refractivity contribution in [3.8, 4) is 0 Å². The van der Waals surface area contributed by atoms with E-state index in [0.717, 1.165) is 23.5 Å². The molecule has 0 saturated heterocycles. The van der Waals surface area contributed by atoms with Gasteiger partial charge in [-0.15, -0.1) is 0 Å². The molecular weight excluding hydrogens is 340 g/mol. The third-order valence-corrected chi connectivity index (χ3v) is 4.96. The van der Waals surface area contributed by atoms with E-state index in [1.165, 1.54) is 24.5 Å². The van der Waals surface area contributed by atoms with E-state index in [1.807, 2.05) is 0 Å². The first-order chi connectivity index (χ1) is 11.4. The molecule has 0 aliphatic rings. The minimum Gasteiger partial charge on any atom is -0.468 e.